The van der Waals surface area contributed by atoms with Crippen LogP contribution >= 0.6 is 15.6 Å². The maximum atomic E-state index is 12.8. The van der Waals surface area contributed by atoms with Gasteiger partial charge in [-0.1, -0.05) is 176 Å². The van der Waals surface area contributed by atoms with Crippen molar-refractivity contribution in [3.05, 3.63) is 85.1 Å². The molecule has 0 aromatic rings. The number of hydrogen-bond acceptors (Lipinski definition) is 14. The van der Waals surface area contributed by atoms with E-state index in [-0.39, 0.29) is 19.3 Å². The van der Waals surface area contributed by atoms with Crippen LogP contribution in [-0.2, 0) is 55.8 Å². The summed E-state index contributed by atoms with van der Waals surface area (Å²) in [6.45, 7) is 2.37. The number of phosphoric ester groups is 2. The molecule has 0 saturated heterocycles. The molecule has 0 fully saturated rings. The van der Waals surface area contributed by atoms with Crippen molar-refractivity contribution < 1.29 is 75.8 Å². The summed E-state index contributed by atoms with van der Waals surface area (Å²) >= 11 is 0. The second-order valence-corrected chi connectivity index (χ2v) is 22.0. The van der Waals surface area contributed by atoms with Gasteiger partial charge in [0.15, 0.2) is 6.10 Å². The lowest BCUT2D eigenvalue weighted by atomic mass is 10.1. The predicted molar refractivity (Wildman–Crippen MR) is 307 cm³/mol. The van der Waals surface area contributed by atoms with Crippen LogP contribution in [0.5, 0.6) is 0 Å². The molecule has 0 aromatic heterocycles. The number of unbranched alkanes of at least 4 members (excludes halogenated alkanes) is 17. The second kappa shape index (κ2) is 53.4. The Bertz CT molecular complexity index is 1760. The number of ether oxygens (including phenoxy) is 3. The minimum absolute atomic E-state index is 0.0912. The topological polar surface area (TPSA) is 231 Å². The van der Waals surface area contributed by atoms with E-state index in [9.17, 15) is 43.5 Å². The van der Waals surface area contributed by atoms with Gasteiger partial charge >= 0.3 is 33.6 Å². The molecule has 444 valence electrons. The first kappa shape index (κ1) is 73.7. The lowest BCUT2D eigenvalue weighted by Crippen LogP contribution is -2.30. The van der Waals surface area contributed by atoms with Crippen molar-refractivity contribution in [1.29, 1.82) is 0 Å². The number of phosphoric acid groups is 2. The van der Waals surface area contributed by atoms with Gasteiger partial charge in [0, 0.05) is 19.3 Å². The fourth-order valence-corrected chi connectivity index (χ4v) is 8.69. The highest BCUT2D eigenvalue weighted by atomic mass is 31.2. The van der Waals surface area contributed by atoms with Gasteiger partial charge in [0.05, 0.1) is 26.4 Å². The highest BCUT2D eigenvalue weighted by Gasteiger charge is 2.29. The molecule has 0 saturated carbocycles. The van der Waals surface area contributed by atoms with E-state index in [2.05, 4.69) is 93.7 Å². The highest BCUT2D eigenvalue weighted by Crippen LogP contribution is 2.45. The molecular weight excluding hydrogens is 1030 g/mol. The summed E-state index contributed by atoms with van der Waals surface area (Å²) in [6, 6.07) is 0. The average molecular weight is 1130 g/mol. The summed E-state index contributed by atoms with van der Waals surface area (Å²) in [5.41, 5.74) is 0. The third kappa shape index (κ3) is 54.5. The summed E-state index contributed by atoms with van der Waals surface area (Å²) < 4.78 is 60.4. The molecule has 0 heterocycles. The molecule has 0 rings (SSSR count). The number of rotatable bonds is 54. The number of carbonyl (C=O) groups excluding carboxylic acids is 3. The predicted octanol–water partition coefficient (Wildman–Crippen LogP) is 14.6. The SMILES string of the molecule is CC/C=C\C/C=C\C/C=C\C/C=C\C/C=C\CCCC(=O)OCC(O)COP(=O)(O)OCC(O)COP(=O)(O)OCC(COC(=O)CCCCCCC/C=C\CCCCCC)OC(=O)CCCCCCC/C=C\CCCC. The van der Waals surface area contributed by atoms with Crippen molar-refractivity contribution in [3.8, 4) is 0 Å². The molecule has 4 N–H and O–H groups in total. The van der Waals surface area contributed by atoms with Crippen molar-refractivity contribution in [2.45, 2.75) is 232 Å². The van der Waals surface area contributed by atoms with Gasteiger partial charge in [-0.25, -0.2) is 9.13 Å². The Labute approximate surface area is 464 Å². The van der Waals surface area contributed by atoms with Gasteiger partial charge in [-0.05, 0) is 103 Å². The van der Waals surface area contributed by atoms with E-state index in [1.165, 1.54) is 38.5 Å². The van der Waals surface area contributed by atoms with Crippen molar-refractivity contribution in [2.75, 3.05) is 39.6 Å². The summed E-state index contributed by atoms with van der Waals surface area (Å²) in [5, 5.41) is 20.4. The van der Waals surface area contributed by atoms with Crippen LogP contribution in [0.25, 0.3) is 0 Å². The fourth-order valence-electron chi connectivity index (χ4n) is 7.11. The van der Waals surface area contributed by atoms with Crippen molar-refractivity contribution >= 4 is 33.6 Å². The molecule has 0 aromatic carbocycles. The molecule has 0 amide bonds. The van der Waals surface area contributed by atoms with Crippen LogP contribution in [0.1, 0.15) is 213 Å². The number of carbonyl (C=O) groups is 3. The first-order valence-electron chi connectivity index (χ1n) is 28.9. The number of aliphatic hydroxyl groups is 2. The zero-order valence-corrected chi connectivity index (χ0v) is 49.1. The van der Waals surface area contributed by atoms with Gasteiger partial charge in [-0.2, -0.15) is 0 Å². The number of hydrogen-bond donors (Lipinski definition) is 4. The van der Waals surface area contributed by atoms with E-state index in [0.717, 1.165) is 109 Å². The van der Waals surface area contributed by atoms with Crippen LogP contribution in [0.15, 0.2) is 85.1 Å². The smallest absolute Gasteiger partial charge is 0.463 e. The normalized spacial score (nSPS) is 15.2. The van der Waals surface area contributed by atoms with E-state index >= 15 is 0 Å². The Morgan fingerprint density at radius 1 is 0.377 bits per heavy atom. The third-order valence-electron chi connectivity index (χ3n) is 11.6. The molecular formula is C59H102O16P2. The van der Waals surface area contributed by atoms with Crippen LogP contribution in [0.4, 0.5) is 0 Å². The molecule has 16 nitrogen and oxygen atoms in total. The summed E-state index contributed by atoms with van der Waals surface area (Å²) in [7, 11) is -9.77. The maximum Gasteiger partial charge on any atom is 0.472 e. The molecule has 77 heavy (non-hydrogen) atoms. The van der Waals surface area contributed by atoms with E-state index in [4.69, 9.17) is 32.3 Å². The fraction of sp³-hybridized carbons (Fsp3) is 0.712. The van der Waals surface area contributed by atoms with Crippen LogP contribution in [0.3, 0.4) is 0 Å². The monoisotopic (exact) mass is 1130 g/mol. The lowest BCUT2D eigenvalue weighted by Gasteiger charge is -2.21. The minimum atomic E-state index is -4.92. The van der Waals surface area contributed by atoms with Gasteiger partial charge in [-0.3, -0.25) is 32.5 Å². The quantitative estimate of drug-likeness (QED) is 0.0146. The Balaban J connectivity index is 4.70. The molecule has 0 bridgehead atoms. The molecule has 18 heteroatoms. The molecule has 0 spiro atoms. The van der Waals surface area contributed by atoms with E-state index in [0.29, 0.717) is 25.7 Å². The van der Waals surface area contributed by atoms with Crippen molar-refractivity contribution in [1.82, 2.24) is 0 Å². The second-order valence-electron chi connectivity index (χ2n) is 19.1. The van der Waals surface area contributed by atoms with Crippen LogP contribution in [-0.4, -0.2) is 95.9 Å². The first-order valence-corrected chi connectivity index (χ1v) is 31.9. The first-order chi connectivity index (χ1) is 37.2. The van der Waals surface area contributed by atoms with E-state index in [1.54, 1.807) is 0 Å². The average Bonchev–Trinajstić information content (AvgIpc) is 3.40. The van der Waals surface area contributed by atoms with Crippen molar-refractivity contribution in [3.63, 3.8) is 0 Å². The zero-order chi connectivity index (χ0) is 56.8. The maximum absolute atomic E-state index is 12.8. The summed E-state index contributed by atoms with van der Waals surface area (Å²) in [4.78, 5) is 57.9. The zero-order valence-electron chi connectivity index (χ0n) is 47.4. The largest absolute Gasteiger partial charge is 0.472 e. The van der Waals surface area contributed by atoms with Gasteiger partial charge in [0.1, 0.15) is 25.4 Å². The Kier molecular flexibility index (Phi) is 51.1. The molecule has 0 radical (unpaired) electrons. The number of aliphatic hydroxyl groups excluding tert-OH is 2. The molecule has 0 aliphatic heterocycles. The van der Waals surface area contributed by atoms with Gasteiger partial charge in [-0.15, -0.1) is 0 Å². The molecule has 0 aliphatic carbocycles. The Hall–Kier alpha value is -3.27. The Morgan fingerprint density at radius 3 is 1.19 bits per heavy atom. The van der Waals surface area contributed by atoms with E-state index < -0.39 is 91.5 Å². The summed E-state index contributed by atoms with van der Waals surface area (Å²) in [6.07, 6.45) is 52.5. The van der Waals surface area contributed by atoms with Crippen LogP contribution in [0, 0.1) is 0 Å². The molecule has 0 aliphatic rings. The minimum Gasteiger partial charge on any atom is -0.463 e. The summed E-state index contributed by atoms with van der Waals surface area (Å²) in [5.74, 6) is -1.66. The Morgan fingerprint density at radius 2 is 0.714 bits per heavy atom. The standard InChI is InChI=1S/C59H102O16P2/c1-4-7-10-13-16-19-22-24-25-26-27-29-32-33-36-39-42-45-57(62)69-48-54(60)49-71-76(65,66)72-50-55(61)51-73-77(67,68)74-53-56(75-59(64)47-44-41-38-35-30-21-18-15-12-9-6-3)52-70-58(63)46-43-40-37-34-31-28-23-20-17-14-11-8-5-2/h7,10,15-16,18-20,23-25,27,29,33,36,54-56,60-61H,4-6,8-9,11-14,17,21-22,26,28,30-32,34-35,37-53H2,1-3H3,(H,65,66)(H,67,68)/b10-7-,18-15-,19-16-,23-20-,25-24-,29-27-,36-33-. The number of esters is 3. The third-order valence-corrected chi connectivity index (χ3v) is 13.5. The molecule has 5 atom stereocenters. The van der Waals surface area contributed by atoms with Crippen LogP contribution in [0.2, 0.25) is 0 Å². The van der Waals surface area contributed by atoms with Crippen molar-refractivity contribution in [2.24, 2.45) is 0 Å². The number of allylic oxidation sites excluding steroid dienone is 14. The van der Waals surface area contributed by atoms with Gasteiger partial charge < -0.3 is 34.2 Å². The van der Waals surface area contributed by atoms with Gasteiger partial charge in [0.2, 0.25) is 0 Å². The van der Waals surface area contributed by atoms with Gasteiger partial charge in [0.25, 0.3) is 0 Å². The van der Waals surface area contributed by atoms with E-state index in [1.807, 2.05) is 12.2 Å². The highest BCUT2D eigenvalue weighted by molar-refractivity contribution is 7.47. The molecule has 5 unspecified atom stereocenters. The lowest BCUT2D eigenvalue weighted by molar-refractivity contribution is -0.161. The van der Waals surface area contributed by atoms with Crippen LogP contribution < -0.4 is 0 Å².